The van der Waals surface area contributed by atoms with E-state index < -0.39 is 0 Å². The van der Waals surface area contributed by atoms with Crippen LogP contribution < -0.4 is 5.73 Å². The van der Waals surface area contributed by atoms with Crippen molar-refractivity contribution >= 4 is 11.5 Å². The van der Waals surface area contributed by atoms with Crippen LogP contribution in [0.25, 0.3) is 5.57 Å². The van der Waals surface area contributed by atoms with E-state index in [0.29, 0.717) is 0 Å². The zero-order chi connectivity index (χ0) is 10.1. The molecule has 0 spiro atoms. The van der Waals surface area contributed by atoms with Gasteiger partial charge in [0, 0.05) is 6.08 Å². The van der Waals surface area contributed by atoms with Gasteiger partial charge in [0.1, 0.15) is 0 Å². The average molecular weight is 187 g/mol. The van der Waals surface area contributed by atoms with Crippen LogP contribution in [0.5, 0.6) is 0 Å². The fourth-order valence-corrected chi connectivity index (χ4v) is 2.05. The van der Waals surface area contributed by atoms with Crippen LogP contribution in [-0.2, 0) is 11.2 Å². The third-order valence-electron chi connectivity index (χ3n) is 2.72. The number of hydrogen-bond donors (Lipinski definition) is 1. The van der Waals surface area contributed by atoms with Crippen LogP contribution in [0.3, 0.4) is 0 Å². The second-order valence-electron chi connectivity index (χ2n) is 3.67. The van der Waals surface area contributed by atoms with Gasteiger partial charge >= 0.3 is 0 Å². The fraction of sp³-hybridized carbons (Fsp3) is 0.250. The Bertz CT molecular complexity index is 418. The molecule has 1 aromatic carbocycles. The molecule has 1 aliphatic carbocycles. The molecule has 72 valence electrons. The Morgan fingerprint density at radius 1 is 1.43 bits per heavy atom. The molecule has 0 heterocycles. The number of benzene rings is 1. The van der Waals surface area contributed by atoms with Crippen molar-refractivity contribution < 1.29 is 4.79 Å². The molecule has 2 N–H and O–H groups in total. The summed E-state index contributed by atoms with van der Waals surface area (Å²) in [4.78, 5) is 10.8. The predicted molar refractivity (Wildman–Crippen MR) is 56.7 cm³/mol. The van der Waals surface area contributed by atoms with Crippen molar-refractivity contribution in [2.45, 2.75) is 19.8 Å². The summed E-state index contributed by atoms with van der Waals surface area (Å²) >= 11 is 0. The molecular formula is C12H13NO. The lowest BCUT2D eigenvalue weighted by Gasteiger charge is -2.02. The maximum atomic E-state index is 10.8. The van der Waals surface area contributed by atoms with E-state index in [9.17, 15) is 4.79 Å². The zero-order valence-electron chi connectivity index (χ0n) is 8.21. The number of primary amides is 1. The quantitative estimate of drug-likeness (QED) is 0.669. The van der Waals surface area contributed by atoms with Crippen molar-refractivity contribution in [1.82, 2.24) is 0 Å². The van der Waals surface area contributed by atoms with E-state index in [4.69, 9.17) is 5.73 Å². The van der Waals surface area contributed by atoms with Gasteiger partial charge in [-0.3, -0.25) is 4.79 Å². The van der Waals surface area contributed by atoms with Crippen LogP contribution in [0.15, 0.2) is 24.3 Å². The Hall–Kier alpha value is -1.57. The van der Waals surface area contributed by atoms with Crippen molar-refractivity contribution in [2.24, 2.45) is 5.73 Å². The third kappa shape index (κ3) is 1.43. The lowest BCUT2D eigenvalue weighted by molar-refractivity contribution is -0.113. The van der Waals surface area contributed by atoms with Gasteiger partial charge in [-0.2, -0.15) is 0 Å². The van der Waals surface area contributed by atoms with Crippen molar-refractivity contribution in [3.63, 3.8) is 0 Å². The zero-order valence-corrected chi connectivity index (χ0v) is 8.21. The third-order valence-corrected chi connectivity index (χ3v) is 2.72. The lowest BCUT2D eigenvalue weighted by Crippen LogP contribution is -2.06. The summed E-state index contributed by atoms with van der Waals surface area (Å²) < 4.78 is 0. The Morgan fingerprint density at radius 3 is 2.93 bits per heavy atom. The molecule has 0 aromatic heterocycles. The van der Waals surface area contributed by atoms with Crippen LogP contribution in [-0.4, -0.2) is 5.91 Å². The predicted octanol–water partition coefficient (Wildman–Crippen LogP) is 1.81. The largest absolute Gasteiger partial charge is 0.366 e. The molecule has 0 aliphatic heterocycles. The van der Waals surface area contributed by atoms with Gasteiger partial charge in [-0.05, 0) is 42.0 Å². The van der Waals surface area contributed by atoms with Gasteiger partial charge < -0.3 is 5.73 Å². The Balaban J connectivity index is 2.50. The van der Waals surface area contributed by atoms with Crippen molar-refractivity contribution in [3.05, 3.63) is 41.0 Å². The molecule has 2 rings (SSSR count). The van der Waals surface area contributed by atoms with Crippen LogP contribution in [0, 0.1) is 6.92 Å². The minimum Gasteiger partial charge on any atom is -0.366 e. The summed E-state index contributed by atoms with van der Waals surface area (Å²) in [6.07, 6.45) is 3.51. The molecule has 2 nitrogen and oxygen atoms in total. The van der Waals surface area contributed by atoms with Crippen LogP contribution in [0.2, 0.25) is 0 Å². The summed E-state index contributed by atoms with van der Waals surface area (Å²) in [5.41, 5.74) is 10.1. The first-order valence-corrected chi connectivity index (χ1v) is 4.77. The molecule has 0 radical (unpaired) electrons. The summed E-state index contributed by atoms with van der Waals surface area (Å²) in [5, 5.41) is 0. The Morgan fingerprint density at radius 2 is 2.21 bits per heavy atom. The Kier molecular flexibility index (Phi) is 2.12. The minimum atomic E-state index is -0.352. The number of rotatable bonds is 1. The number of amides is 1. The number of carbonyl (C=O) groups is 1. The smallest absolute Gasteiger partial charge is 0.241 e. The van der Waals surface area contributed by atoms with Crippen molar-refractivity contribution in [3.8, 4) is 0 Å². The van der Waals surface area contributed by atoms with E-state index >= 15 is 0 Å². The van der Waals surface area contributed by atoms with Gasteiger partial charge in [0.05, 0.1) is 0 Å². The molecule has 2 heteroatoms. The monoisotopic (exact) mass is 187 g/mol. The second kappa shape index (κ2) is 3.29. The molecule has 0 bridgehead atoms. The van der Waals surface area contributed by atoms with Crippen LogP contribution >= 0.6 is 0 Å². The van der Waals surface area contributed by atoms with Crippen molar-refractivity contribution in [1.29, 1.82) is 0 Å². The van der Waals surface area contributed by atoms with E-state index in [1.165, 1.54) is 16.7 Å². The number of aryl methyl sites for hydroxylation is 1. The van der Waals surface area contributed by atoms with Gasteiger partial charge in [0.25, 0.3) is 0 Å². The van der Waals surface area contributed by atoms with Crippen molar-refractivity contribution in [2.75, 3.05) is 0 Å². The molecule has 14 heavy (non-hydrogen) atoms. The van der Waals surface area contributed by atoms with Gasteiger partial charge in [-0.25, -0.2) is 0 Å². The topological polar surface area (TPSA) is 43.1 Å². The molecule has 1 amide bonds. The SMILES string of the molecule is Cc1cccc2c1CCC2=CC(N)=O. The molecular weight excluding hydrogens is 174 g/mol. The van der Waals surface area contributed by atoms with E-state index in [2.05, 4.69) is 19.1 Å². The van der Waals surface area contributed by atoms with Gasteiger partial charge in [-0.1, -0.05) is 18.2 Å². The molecule has 0 atom stereocenters. The molecule has 0 fully saturated rings. The first-order valence-electron chi connectivity index (χ1n) is 4.77. The highest BCUT2D eigenvalue weighted by molar-refractivity contribution is 5.95. The summed E-state index contributed by atoms with van der Waals surface area (Å²) in [6.45, 7) is 2.10. The minimum absolute atomic E-state index is 0.352. The van der Waals surface area contributed by atoms with Crippen LogP contribution in [0.1, 0.15) is 23.1 Å². The summed E-state index contributed by atoms with van der Waals surface area (Å²) in [5.74, 6) is -0.352. The molecule has 0 unspecified atom stereocenters. The first kappa shape index (κ1) is 9.00. The van der Waals surface area contributed by atoms with E-state index in [0.717, 1.165) is 18.4 Å². The van der Waals surface area contributed by atoms with E-state index in [-0.39, 0.29) is 5.91 Å². The van der Waals surface area contributed by atoms with E-state index in [1.807, 2.05) is 6.07 Å². The van der Waals surface area contributed by atoms with E-state index in [1.54, 1.807) is 6.08 Å². The van der Waals surface area contributed by atoms with Gasteiger partial charge in [0.15, 0.2) is 0 Å². The van der Waals surface area contributed by atoms with Gasteiger partial charge in [-0.15, -0.1) is 0 Å². The fourth-order valence-electron chi connectivity index (χ4n) is 2.05. The normalized spacial score (nSPS) is 17.1. The average Bonchev–Trinajstić information content (AvgIpc) is 2.49. The standard InChI is InChI=1S/C12H13NO/c1-8-3-2-4-11-9(7-12(13)14)5-6-10(8)11/h2-4,7H,5-6H2,1H3,(H2,13,14). The first-order chi connectivity index (χ1) is 6.68. The maximum absolute atomic E-state index is 10.8. The number of carbonyl (C=O) groups excluding carboxylic acids is 1. The molecule has 1 aromatic rings. The molecule has 0 saturated carbocycles. The summed E-state index contributed by atoms with van der Waals surface area (Å²) in [6, 6.07) is 6.18. The number of nitrogens with two attached hydrogens (primary N) is 1. The summed E-state index contributed by atoms with van der Waals surface area (Å²) in [7, 11) is 0. The Labute approximate surface area is 83.4 Å². The van der Waals surface area contributed by atoms with Crippen LogP contribution in [0.4, 0.5) is 0 Å². The molecule has 1 aliphatic rings. The second-order valence-corrected chi connectivity index (χ2v) is 3.67. The highest BCUT2D eigenvalue weighted by atomic mass is 16.1. The highest BCUT2D eigenvalue weighted by Gasteiger charge is 2.17. The lowest BCUT2D eigenvalue weighted by atomic mass is 10.0. The highest BCUT2D eigenvalue weighted by Crippen LogP contribution is 2.33. The van der Waals surface area contributed by atoms with Gasteiger partial charge in [0.2, 0.25) is 5.91 Å². The number of hydrogen-bond acceptors (Lipinski definition) is 1. The maximum Gasteiger partial charge on any atom is 0.241 e. The molecule has 0 saturated heterocycles. The number of allylic oxidation sites excluding steroid dienone is 1. The number of fused-ring (bicyclic) bond motifs is 1.